The van der Waals surface area contributed by atoms with Crippen molar-refractivity contribution < 1.29 is 9.18 Å². The minimum absolute atomic E-state index is 0.0559. The van der Waals surface area contributed by atoms with Crippen molar-refractivity contribution in [3.63, 3.8) is 0 Å². The molecule has 0 aliphatic carbocycles. The van der Waals surface area contributed by atoms with Crippen molar-refractivity contribution in [2.24, 2.45) is 0 Å². The molecule has 4 heteroatoms. The maximum atomic E-state index is 12.8. The first-order valence-electron chi connectivity index (χ1n) is 6.61. The molecular weight excluding hydrogens is 243 g/mol. The van der Waals surface area contributed by atoms with Crippen molar-refractivity contribution in [2.45, 2.75) is 19.4 Å². The number of carbonyl (C=O) groups excluding carboxylic acids is 1. The second-order valence-corrected chi connectivity index (χ2v) is 5.87. The van der Waals surface area contributed by atoms with Crippen LogP contribution in [0.3, 0.4) is 0 Å². The molecule has 0 aromatic heterocycles. The van der Waals surface area contributed by atoms with Gasteiger partial charge >= 0.3 is 0 Å². The first-order valence-corrected chi connectivity index (χ1v) is 6.61. The molecule has 1 aliphatic rings. The molecule has 0 radical (unpaired) electrons. The summed E-state index contributed by atoms with van der Waals surface area (Å²) in [4.78, 5) is 16.6. The fourth-order valence-corrected chi connectivity index (χ4v) is 2.41. The number of nitrogens with zero attached hydrogens (tertiary/aromatic N) is 2. The van der Waals surface area contributed by atoms with E-state index in [0.29, 0.717) is 12.1 Å². The zero-order valence-corrected chi connectivity index (χ0v) is 11.8. The van der Waals surface area contributed by atoms with Gasteiger partial charge in [-0.05, 0) is 45.2 Å². The Hall–Kier alpha value is -1.26. The lowest BCUT2D eigenvalue weighted by molar-refractivity contribution is 0.0390. The van der Waals surface area contributed by atoms with E-state index < -0.39 is 0 Å². The summed E-state index contributed by atoms with van der Waals surface area (Å²) in [6.45, 7) is 7.50. The molecule has 104 valence electrons. The van der Waals surface area contributed by atoms with Crippen molar-refractivity contribution in [1.82, 2.24) is 9.80 Å². The number of likely N-dealkylation sites (N-methyl/N-ethyl adjacent to an activating group) is 1. The summed E-state index contributed by atoms with van der Waals surface area (Å²) < 4.78 is 12.8. The molecule has 1 aromatic carbocycles. The Morgan fingerprint density at radius 1 is 1.26 bits per heavy atom. The number of hydrogen-bond acceptors (Lipinski definition) is 3. The summed E-state index contributed by atoms with van der Waals surface area (Å²) in [7, 11) is 2.11. The van der Waals surface area contributed by atoms with Crippen LogP contribution in [-0.2, 0) is 0 Å². The summed E-state index contributed by atoms with van der Waals surface area (Å²) in [6.07, 6.45) is 0. The fourth-order valence-electron chi connectivity index (χ4n) is 2.41. The van der Waals surface area contributed by atoms with Crippen molar-refractivity contribution >= 4 is 5.78 Å². The van der Waals surface area contributed by atoms with E-state index in [0.717, 1.165) is 19.6 Å². The lowest BCUT2D eigenvalue weighted by atomic mass is 9.99. The van der Waals surface area contributed by atoms with Gasteiger partial charge in [-0.25, -0.2) is 4.39 Å². The maximum absolute atomic E-state index is 12.8. The van der Waals surface area contributed by atoms with Crippen LogP contribution in [0.5, 0.6) is 0 Å². The van der Waals surface area contributed by atoms with Crippen LogP contribution in [0.1, 0.15) is 24.2 Å². The van der Waals surface area contributed by atoms with Crippen molar-refractivity contribution in [3.8, 4) is 0 Å². The van der Waals surface area contributed by atoms with Gasteiger partial charge in [0.25, 0.3) is 0 Å². The van der Waals surface area contributed by atoms with Gasteiger partial charge in [0.05, 0.1) is 6.54 Å². The minimum atomic E-state index is -0.308. The third-order valence-electron chi connectivity index (χ3n) is 3.93. The highest BCUT2D eigenvalue weighted by molar-refractivity contribution is 5.97. The maximum Gasteiger partial charge on any atom is 0.176 e. The molecule has 1 aromatic rings. The van der Waals surface area contributed by atoms with Crippen LogP contribution >= 0.6 is 0 Å². The van der Waals surface area contributed by atoms with E-state index in [1.807, 2.05) is 0 Å². The second kappa shape index (κ2) is 5.39. The molecular formula is C15H21FN2O. The molecule has 0 amide bonds. The largest absolute Gasteiger partial charge is 0.299 e. The zero-order chi connectivity index (χ0) is 14.0. The monoisotopic (exact) mass is 264 g/mol. The number of Topliss-reactive ketones (excluding diaryl/α,β-unsaturated/α-hetero) is 1. The van der Waals surface area contributed by atoms with Gasteiger partial charge in [0.1, 0.15) is 5.82 Å². The molecule has 3 nitrogen and oxygen atoms in total. The van der Waals surface area contributed by atoms with Crippen LogP contribution < -0.4 is 0 Å². The Balaban J connectivity index is 1.98. The molecule has 1 aliphatic heterocycles. The summed E-state index contributed by atoms with van der Waals surface area (Å²) in [6, 6.07) is 5.78. The van der Waals surface area contributed by atoms with Gasteiger partial charge in [-0.1, -0.05) is 0 Å². The average Bonchev–Trinajstić information content (AvgIpc) is 2.34. The van der Waals surface area contributed by atoms with Gasteiger partial charge in [-0.3, -0.25) is 14.6 Å². The Labute approximate surface area is 114 Å². The molecule has 2 rings (SSSR count). The van der Waals surface area contributed by atoms with E-state index in [-0.39, 0.29) is 17.1 Å². The molecule has 1 heterocycles. The standard InChI is InChI=1S/C15H21FN2O/c1-15(2)11-18(9-8-17(15)3)10-14(19)12-4-6-13(16)7-5-12/h4-7H,8-11H2,1-3H3. The minimum Gasteiger partial charge on any atom is -0.299 e. The van der Waals surface area contributed by atoms with Crippen molar-refractivity contribution in [2.75, 3.05) is 33.2 Å². The van der Waals surface area contributed by atoms with E-state index in [1.54, 1.807) is 12.1 Å². The van der Waals surface area contributed by atoms with Crippen LogP contribution in [0.25, 0.3) is 0 Å². The molecule has 0 saturated carbocycles. The van der Waals surface area contributed by atoms with E-state index in [1.165, 1.54) is 12.1 Å². The lowest BCUT2D eigenvalue weighted by Gasteiger charge is -2.45. The van der Waals surface area contributed by atoms with E-state index in [2.05, 4.69) is 30.7 Å². The molecule has 19 heavy (non-hydrogen) atoms. The first kappa shape index (κ1) is 14.2. The van der Waals surface area contributed by atoms with Gasteiger partial charge < -0.3 is 0 Å². The SMILES string of the molecule is CN1CCN(CC(=O)c2ccc(F)cc2)CC1(C)C. The molecule has 0 unspecified atom stereocenters. The van der Waals surface area contributed by atoms with Gasteiger partial charge in [-0.15, -0.1) is 0 Å². The Bertz CT molecular complexity index is 456. The number of ketones is 1. The third kappa shape index (κ3) is 3.39. The normalized spacial score (nSPS) is 20.4. The first-order chi connectivity index (χ1) is 8.88. The summed E-state index contributed by atoms with van der Waals surface area (Å²) in [5, 5.41) is 0. The van der Waals surface area contributed by atoms with Crippen LogP contribution in [-0.4, -0.2) is 54.3 Å². The molecule has 0 spiro atoms. The van der Waals surface area contributed by atoms with Gasteiger partial charge in [-0.2, -0.15) is 0 Å². The number of rotatable bonds is 3. The summed E-state index contributed by atoms with van der Waals surface area (Å²) >= 11 is 0. The van der Waals surface area contributed by atoms with Crippen LogP contribution in [0.15, 0.2) is 24.3 Å². The van der Waals surface area contributed by atoms with Gasteiger partial charge in [0, 0.05) is 30.7 Å². The lowest BCUT2D eigenvalue weighted by Crippen LogP contribution is -2.58. The average molecular weight is 264 g/mol. The zero-order valence-electron chi connectivity index (χ0n) is 11.8. The van der Waals surface area contributed by atoms with Crippen LogP contribution in [0.4, 0.5) is 4.39 Å². The molecule has 1 saturated heterocycles. The smallest absolute Gasteiger partial charge is 0.176 e. The highest BCUT2D eigenvalue weighted by atomic mass is 19.1. The van der Waals surface area contributed by atoms with E-state index in [4.69, 9.17) is 0 Å². The second-order valence-electron chi connectivity index (χ2n) is 5.87. The molecule has 0 bridgehead atoms. The van der Waals surface area contributed by atoms with Crippen LogP contribution in [0.2, 0.25) is 0 Å². The van der Waals surface area contributed by atoms with E-state index >= 15 is 0 Å². The molecule has 0 atom stereocenters. The Morgan fingerprint density at radius 3 is 2.47 bits per heavy atom. The highest BCUT2D eigenvalue weighted by Crippen LogP contribution is 2.19. The fraction of sp³-hybridized carbons (Fsp3) is 0.533. The van der Waals surface area contributed by atoms with E-state index in [9.17, 15) is 9.18 Å². The van der Waals surface area contributed by atoms with Gasteiger partial charge in [0.2, 0.25) is 0 Å². The van der Waals surface area contributed by atoms with Crippen LogP contribution in [0, 0.1) is 5.82 Å². The van der Waals surface area contributed by atoms with Crippen molar-refractivity contribution in [1.29, 1.82) is 0 Å². The number of halogens is 1. The predicted molar refractivity (Wildman–Crippen MR) is 73.9 cm³/mol. The Kier molecular flexibility index (Phi) is 4.02. The molecule has 0 N–H and O–H groups in total. The number of benzene rings is 1. The predicted octanol–water partition coefficient (Wildman–Crippen LogP) is 2.03. The quantitative estimate of drug-likeness (QED) is 0.781. The third-order valence-corrected chi connectivity index (χ3v) is 3.93. The number of carbonyl (C=O) groups is 1. The van der Waals surface area contributed by atoms with Gasteiger partial charge in [0.15, 0.2) is 5.78 Å². The molecule has 1 fully saturated rings. The number of piperazine rings is 1. The summed E-state index contributed by atoms with van der Waals surface area (Å²) in [5.74, 6) is -0.252. The number of hydrogen-bond donors (Lipinski definition) is 0. The topological polar surface area (TPSA) is 23.6 Å². The summed E-state index contributed by atoms with van der Waals surface area (Å²) in [5.41, 5.74) is 0.666. The highest BCUT2D eigenvalue weighted by Gasteiger charge is 2.31. The van der Waals surface area contributed by atoms with Crippen molar-refractivity contribution in [3.05, 3.63) is 35.6 Å². The Morgan fingerprint density at radius 2 is 1.89 bits per heavy atom.